The molecule has 0 amide bonds. The first-order valence-electron chi connectivity index (χ1n) is 11.5. The summed E-state index contributed by atoms with van der Waals surface area (Å²) in [6, 6.07) is 12.0. The molecule has 1 saturated heterocycles. The minimum absolute atomic E-state index is 0. The number of benzene rings is 2. The van der Waals surface area contributed by atoms with Crippen LogP contribution in [0.1, 0.15) is 42.1 Å². The third-order valence-corrected chi connectivity index (χ3v) is 8.13. The maximum atomic E-state index is 12.9. The van der Waals surface area contributed by atoms with Gasteiger partial charge >= 0.3 is 5.97 Å². The van der Waals surface area contributed by atoms with Crippen molar-refractivity contribution in [2.75, 3.05) is 13.6 Å². The van der Waals surface area contributed by atoms with Crippen LogP contribution in [0, 0.1) is 0 Å². The van der Waals surface area contributed by atoms with Crippen LogP contribution in [0.3, 0.4) is 0 Å². The molecule has 1 fully saturated rings. The van der Waals surface area contributed by atoms with E-state index in [1.807, 2.05) is 13.1 Å². The molecule has 0 radical (unpaired) electrons. The lowest BCUT2D eigenvalue weighted by atomic mass is 9.52. The number of likely N-dealkylation sites (N-methyl/N-ethyl adjacent to an activating group) is 1. The minimum atomic E-state index is -1.43. The van der Waals surface area contributed by atoms with E-state index < -0.39 is 29.2 Å². The number of rotatable bonds is 3. The molecule has 1 spiro atoms. The van der Waals surface area contributed by atoms with E-state index in [0.717, 1.165) is 24.1 Å². The zero-order chi connectivity index (χ0) is 23.0. The topological polar surface area (TPSA) is 99.5 Å². The van der Waals surface area contributed by atoms with Crippen LogP contribution < -0.4 is 4.74 Å². The molecule has 2 bridgehead atoms. The van der Waals surface area contributed by atoms with Crippen molar-refractivity contribution < 1.29 is 29.6 Å². The summed E-state index contributed by atoms with van der Waals surface area (Å²) < 4.78 is 12.1. The fourth-order valence-corrected chi connectivity index (χ4v) is 6.64. The van der Waals surface area contributed by atoms with Gasteiger partial charge in [0.1, 0.15) is 5.76 Å². The number of carbonyl (C=O) groups excluding carboxylic acids is 1. The highest BCUT2D eigenvalue weighted by atomic mass is 35.5. The van der Waals surface area contributed by atoms with Crippen LogP contribution >= 0.6 is 12.4 Å². The van der Waals surface area contributed by atoms with Gasteiger partial charge in [0.25, 0.3) is 0 Å². The molecule has 8 heteroatoms. The number of ether oxygens (including phenoxy) is 2. The summed E-state index contributed by atoms with van der Waals surface area (Å²) in [7, 11) is 2.04. The van der Waals surface area contributed by atoms with Crippen LogP contribution in [-0.2, 0) is 21.4 Å². The standard InChI is InChI=1S/C26H27NO6.ClH/c1-27-13-5-11-25-20-16-8-9-17(28)22(20)33-23(25)18(10-12-26(25,31)19(27)14-16)32-24(30)21(29)15-6-3-2-4-7-15;/h2-4,6-10,19,21,23,28-29,31H,5,11-14H2,1H3;1H/t19-,21+,23+,25+,26-;/m1./s1. The third-order valence-electron chi connectivity index (χ3n) is 8.13. The molecule has 4 aliphatic rings. The molecular weight excluding hydrogens is 458 g/mol. The lowest BCUT2D eigenvalue weighted by molar-refractivity contribution is -0.158. The summed E-state index contributed by atoms with van der Waals surface area (Å²) >= 11 is 0. The zero-order valence-electron chi connectivity index (χ0n) is 18.8. The summed E-state index contributed by atoms with van der Waals surface area (Å²) in [5.41, 5.74) is 0.352. The second-order valence-corrected chi connectivity index (χ2v) is 9.69. The predicted octanol–water partition coefficient (Wildman–Crippen LogP) is 2.76. The SMILES string of the molecule is CN1CCC[C@]23c4c5ccc(O)c4O[C@H]2C(OC(=O)[C@@H](O)c2ccccc2)=CC[C@@]3(O)[C@H]1C5.Cl. The Morgan fingerprint density at radius 3 is 2.76 bits per heavy atom. The number of phenols is 1. The molecule has 6 rings (SSSR count). The Morgan fingerprint density at radius 1 is 1.24 bits per heavy atom. The van der Waals surface area contributed by atoms with E-state index >= 15 is 0 Å². The summed E-state index contributed by atoms with van der Waals surface area (Å²) in [4.78, 5) is 15.1. The van der Waals surface area contributed by atoms with Crippen molar-refractivity contribution in [3.8, 4) is 11.5 Å². The van der Waals surface area contributed by atoms with E-state index in [1.165, 1.54) is 0 Å². The van der Waals surface area contributed by atoms with Crippen LogP contribution in [0.4, 0.5) is 0 Å². The van der Waals surface area contributed by atoms with E-state index in [-0.39, 0.29) is 30.0 Å². The number of aliphatic hydroxyl groups excluding tert-OH is 1. The van der Waals surface area contributed by atoms with Crippen LogP contribution in [-0.4, -0.2) is 57.5 Å². The van der Waals surface area contributed by atoms with Crippen molar-refractivity contribution in [3.63, 3.8) is 0 Å². The van der Waals surface area contributed by atoms with E-state index in [0.29, 0.717) is 30.6 Å². The van der Waals surface area contributed by atoms with E-state index in [4.69, 9.17) is 9.47 Å². The fraction of sp³-hybridized carbons (Fsp3) is 0.423. The summed E-state index contributed by atoms with van der Waals surface area (Å²) in [5.74, 6) is -0.125. The van der Waals surface area contributed by atoms with Crippen molar-refractivity contribution in [3.05, 3.63) is 71.0 Å². The van der Waals surface area contributed by atoms with Crippen LogP contribution in [0.2, 0.25) is 0 Å². The summed E-state index contributed by atoms with van der Waals surface area (Å²) in [5, 5.41) is 33.4. The first kappa shape index (κ1) is 23.2. The molecule has 7 nitrogen and oxygen atoms in total. The largest absolute Gasteiger partial charge is 0.504 e. The lowest BCUT2D eigenvalue weighted by Crippen LogP contribution is -2.69. The molecular formula is C26H28ClNO6. The monoisotopic (exact) mass is 485 g/mol. The number of aliphatic hydroxyl groups is 2. The first-order chi connectivity index (χ1) is 15.9. The number of esters is 1. The number of aromatic hydroxyl groups is 1. The van der Waals surface area contributed by atoms with Crippen molar-refractivity contribution in [2.45, 2.75) is 54.9 Å². The van der Waals surface area contributed by atoms with Gasteiger partial charge in [0.2, 0.25) is 0 Å². The van der Waals surface area contributed by atoms with Gasteiger partial charge in [-0.3, -0.25) is 0 Å². The number of carbonyl (C=O) groups is 1. The fourth-order valence-electron chi connectivity index (χ4n) is 6.64. The zero-order valence-corrected chi connectivity index (χ0v) is 19.6. The molecule has 2 aliphatic heterocycles. The van der Waals surface area contributed by atoms with Gasteiger partial charge in [-0.25, -0.2) is 4.79 Å². The molecule has 3 N–H and O–H groups in total. The van der Waals surface area contributed by atoms with Gasteiger partial charge in [-0.05, 0) is 56.1 Å². The molecule has 0 saturated carbocycles. The Morgan fingerprint density at radius 2 is 2.00 bits per heavy atom. The maximum Gasteiger partial charge on any atom is 0.344 e. The summed E-state index contributed by atoms with van der Waals surface area (Å²) in [6.45, 7) is 0.832. The molecule has 5 atom stereocenters. The van der Waals surface area contributed by atoms with Gasteiger partial charge < -0.3 is 29.7 Å². The molecule has 2 aliphatic carbocycles. The smallest absolute Gasteiger partial charge is 0.344 e. The molecule has 2 aromatic carbocycles. The number of halogens is 1. The van der Waals surface area contributed by atoms with E-state index in [2.05, 4.69) is 4.90 Å². The Hall–Kier alpha value is -2.58. The van der Waals surface area contributed by atoms with E-state index in [1.54, 1.807) is 42.5 Å². The quantitative estimate of drug-likeness (QED) is 0.575. The molecule has 0 aromatic heterocycles. The van der Waals surface area contributed by atoms with Gasteiger partial charge in [-0.1, -0.05) is 36.4 Å². The van der Waals surface area contributed by atoms with Gasteiger partial charge in [0.15, 0.2) is 23.7 Å². The van der Waals surface area contributed by atoms with Crippen molar-refractivity contribution >= 4 is 18.4 Å². The van der Waals surface area contributed by atoms with Crippen molar-refractivity contribution in [1.29, 1.82) is 0 Å². The number of likely N-dealkylation sites (tertiary alicyclic amines) is 1. The highest BCUT2D eigenvalue weighted by Gasteiger charge is 2.71. The molecule has 2 aromatic rings. The molecule has 34 heavy (non-hydrogen) atoms. The maximum absolute atomic E-state index is 12.9. The van der Waals surface area contributed by atoms with Crippen molar-refractivity contribution in [2.24, 2.45) is 0 Å². The highest BCUT2D eigenvalue weighted by molar-refractivity contribution is 5.85. The van der Waals surface area contributed by atoms with Gasteiger partial charge in [-0.2, -0.15) is 0 Å². The average Bonchev–Trinajstić information content (AvgIpc) is 3.16. The highest BCUT2D eigenvalue weighted by Crippen LogP contribution is 2.64. The van der Waals surface area contributed by atoms with Crippen molar-refractivity contribution in [1.82, 2.24) is 4.90 Å². The van der Waals surface area contributed by atoms with Crippen LogP contribution in [0.25, 0.3) is 0 Å². The minimum Gasteiger partial charge on any atom is -0.504 e. The molecule has 2 heterocycles. The predicted molar refractivity (Wildman–Crippen MR) is 126 cm³/mol. The Labute approximate surface area is 204 Å². The summed E-state index contributed by atoms with van der Waals surface area (Å²) in [6.07, 6.45) is 1.94. The Balaban J connectivity index is 0.00000241. The lowest BCUT2D eigenvalue weighted by Gasteiger charge is -2.56. The van der Waals surface area contributed by atoms with Gasteiger partial charge in [0, 0.05) is 18.0 Å². The van der Waals surface area contributed by atoms with Gasteiger partial charge in [-0.15, -0.1) is 12.4 Å². The average molecular weight is 486 g/mol. The van der Waals surface area contributed by atoms with Crippen LogP contribution in [0.5, 0.6) is 11.5 Å². The first-order valence-corrected chi connectivity index (χ1v) is 11.5. The molecule has 180 valence electrons. The van der Waals surface area contributed by atoms with Crippen LogP contribution in [0.15, 0.2) is 54.3 Å². The number of nitrogens with zero attached hydrogens (tertiary/aromatic N) is 1. The Kier molecular flexibility index (Phi) is 5.44. The second kappa shape index (κ2) is 7.99. The normalized spacial score (nSPS) is 31.8. The third kappa shape index (κ3) is 2.91. The second-order valence-electron chi connectivity index (χ2n) is 9.69. The Bertz CT molecular complexity index is 1170. The number of hydrogen-bond donors (Lipinski definition) is 3. The van der Waals surface area contributed by atoms with Gasteiger partial charge in [0.05, 0.1) is 11.0 Å². The number of hydrogen-bond acceptors (Lipinski definition) is 7. The molecule has 0 unspecified atom stereocenters. The van der Waals surface area contributed by atoms with E-state index in [9.17, 15) is 20.1 Å². The number of phenolic OH excluding ortho intramolecular Hbond substituents is 1.